The number of anilines is 1. The third-order valence-corrected chi connectivity index (χ3v) is 7.88. The second-order valence-electron chi connectivity index (χ2n) is 10.0. The van der Waals surface area contributed by atoms with E-state index in [9.17, 15) is 28.8 Å². The lowest BCUT2D eigenvalue weighted by Crippen LogP contribution is -2.70. The summed E-state index contributed by atoms with van der Waals surface area (Å²) in [5, 5.41) is 2.22. The Labute approximate surface area is 214 Å². The van der Waals surface area contributed by atoms with Crippen LogP contribution in [0.2, 0.25) is 0 Å². The van der Waals surface area contributed by atoms with Gasteiger partial charge >= 0.3 is 12.1 Å². The van der Waals surface area contributed by atoms with Gasteiger partial charge in [-0.1, -0.05) is 19.4 Å². The van der Waals surface area contributed by atoms with Crippen LogP contribution in [-0.2, 0) is 25.6 Å². The number of urea groups is 2. The van der Waals surface area contributed by atoms with Gasteiger partial charge in [0.05, 0.1) is 6.04 Å². The fourth-order valence-electron chi connectivity index (χ4n) is 6.01. The van der Waals surface area contributed by atoms with Crippen LogP contribution >= 0.6 is 0 Å². The summed E-state index contributed by atoms with van der Waals surface area (Å²) in [5.41, 5.74) is 0.539. The second kappa shape index (κ2) is 8.82. The van der Waals surface area contributed by atoms with E-state index in [1.807, 2.05) is 13.0 Å². The molecule has 3 saturated heterocycles. The predicted molar refractivity (Wildman–Crippen MR) is 132 cm³/mol. The van der Waals surface area contributed by atoms with Gasteiger partial charge in [0, 0.05) is 32.9 Å². The number of hydrogen-bond acceptors (Lipinski definition) is 7. The molecule has 5 rings (SSSR count). The molecule has 0 saturated carbocycles. The van der Waals surface area contributed by atoms with E-state index in [1.54, 1.807) is 12.1 Å². The maximum atomic E-state index is 13.5. The Kier molecular flexibility index (Phi) is 5.88. The molecule has 0 aromatic heterocycles. The fourth-order valence-corrected chi connectivity index (χ4v) is 6.01. The minimum Gasteiger partial charge on any atom is -0.367 e. The van der Waals surface area contributed by atoms with Gasteiger partial charge in [-0.2, -0.15) is 0 Å². The van der Waals surface area contributed by atoms with Crippen molar-refractivity contribution in [2.75, 3.05) is 32.1 Å². The molecule has 4 aliphatic rings. The van der Waals surface area contributed by atoms with Crippen LogP contribution in [0.15, 0.2) is 23.8 Å². The van der Waals surface area contributed by atoms with E-state index in [-0.39, 0.29) is 24.6 Å². The van der Waals surface area contributed by atoms with E-state index in [0.717, 1.165) is 33.2 Å². The van der Waals surface area contributed by atoms with E-state index in [1.165, 1.54) is 20.2 Å². The molecule has 1 N–H and O–H groups in total. The van der Waals surface area contributed by atoms with Gasteiger partial charge in [-0.3, -0.25) is 39.2 Å². The first-order valence-corrected chi connectivity index (χ1v) is 12.5. The van der Waals surface area contributed by atoms with Crippen LogP contribution in [0.4, 0.5) is 15.3 Å². The second-order valence-corrected chi connectivity index (χ2v) is 10.0. The Morgan fingerprint density at radius 3 is 2.43 bits per heavy atom. The molecule has 0 unspecified atom stereocenters. The highest BCUT2D eigenvalue weighted by atomic mass is 16.2. The van der Waals surface area contributed by atoms with Crippen molar-refractivity contribution in [1.82, 2.24) is 20.0 Å². The maximum absolute atomic E-state index is 13.5. The summed E-state index contributed by atoms with van der Waals surface area (Å²) >= 11 is 0. The molecule has 11 heteroatoms. The smallest absolute Gasteiger partial charge is 0.332 e. The summed E-state index contributed by atoms with van der Waals surface area (Å²) in [5.74, 6) is -2.45. The van der Waals surface area contributed by atoms with Crippen molar-refractivity contribution < 1.29 is 28.8 Å². The van der Waals surface area contributed by atoms with Gasteiger partial charge < -0.3 is 4.90 Å². The summed E-state index contributed by atoms with van der Waals surface area (Å²) in [4.78, 5) is 82.3. The third kappa shape index (κ3) is 3.55. The fraction of sp³-hybridized carbons (Fsp3) is 0.462. The molecule has 1 spiro atoms. The molecule has 3 fully saturated rings. The Bertz CT molecular complexity index is 1260. The van der Waals surface area contributed by atoms with Gasteiger partial charge in [-0.05, 0) is 55.0 Å². The zero-order chi connectivity index (χ0) is 26.6. The van der Waals surface area contributed by atoms with E-state index in [4.69, 9.17) is 0 Å². The number of unbranched alkanes of at least 4 members (excludes halogenated alkanes) is 1. The topological polar surface area (TPSA) is 127 Å². The SMILES string of the molecule is CCCCN1C(=O)NC(=O)/C(=C\c2ccc3c(c2)CC2(C(=O)N(C)C(=O)N(C)C2=O)[C@H]2CCCN32)C1=O. The zero-order valence-electron chi connectivity index (χ0n) is 21.1. The summed E-state index contributed by atoms with van der Waals surface area (Å²) in [6.45, 7) is 2.81. The minimum absolute atomic E-state index is 0.0986. The Balaban J connectivity index is 1.55. The van der Waals surface area contributed by atoms with Crippen molar-refractivity contribution in [1.29, 1.82) is 0 Å². The van der Waals surface area contributed by atoms with Crippen LogP contribution in [0.1, 0.15) is 43.7 Å². The number of hydrogen-bond donors (Lipinski definition) is 1. The van der Waals surface area contributed by atoms with Crippen LogP contribution in [0, 0.1) is 5.41 Å². The lowest BCUT2D eigenvalue weighted by atomic mass is 9.68. The highest BCUT2D eigenvalue weighted by Crippen LogP contribution is 2.49. The highest BCUT2D eigenvalue weighted by Gasteiger charge is 2.63. The summed E-state index contributed by atoms with van der Waals surface area (Å²) in [6.07, 6.45) is 4.37. The minimum atomic E-state index is -1.44. The molecule has 0 aliphatic carbocycles. The molecule has 4 aliphatic heterocycles. The van der Waals surface area contributed by atoms with E-state index in [2.05, 4.69) is 10.2 Å². The molecule has 37 heavy (non-hydrogen) atoms. The molecule has 4 heterocycles. The average Bonchev–Trinajstić information content (AvgIpc) is 3.38. The molecule has 194 valence electrons. The number of barbiturate groups is 2. The molecule has 0 bridgehead atoms. The van der Waals surface area contributed by atoms with Gasteiger partial charge in [-0.25, -0.2) is 9.59 Å². The maximum Gasteiger partial charge on any atom is 0.332 e. The van der Waals surface area contributed by atoms with Crippen LogP contribution in [0.25, 0.3) is 6.08 Å². The first-order chi connectivity index (χ1) is 17.6. The monoisotopic (exact) mass is 507 g/mol. The van der Waals surface area contributed by atoms with Crippen LogP contribution < -0.4 is 10.2 Å². The predicted octanol–water partition coefficient (Wildman–Crippen LogP) is 1.51. The van der Waals surface area contributed by atoms with Crippen molar-refractivity contribution in [3.8, 4) is 0 Å². The van der Waals surface area contributed by atoms with Crippen LogP contribution in [-0.4, -0.2) is 83.6 Å². The normalized spacial score (nSPS) is 24.3. The summed E-state index contributed by atoms with van der Waals surface area (Å²) in [6, 6.07) is 3.66. The molecule has 1 atom stereocenters. The molecule has 0 radical (unpaired) electrons. The van der Waals surface area contributed by atoms with E-state index < -0.39 is 41.1 Å². The molecule has 1 aromatic rings. The molecular weight excluding hydrogens is 478 g/mol. The number of carbonyl (C=O) groups is 6. The van der Waals surface area contributed by atoms with Crippen molar-refractivity contribution in [2.24, 2.45) is 5.41 Å². The lowest BCUT2D eigenvalue weighted by Gasteiger charge is -2.50. The van der Waals surface area contributed by atoms with Crippen molar-refractivity contribution in [2.45, 2.75) is 45.1 Å². The quantitative estimate of drug-likeness (QED) is 0.372. The largest absolute Gasteiger partial charge is 0.367 e. The van der Waals surface area contributed by atoms with Crippen molar-refractivity contribution in [3.05, 3.63) is 34.9 Å². The number of imide groups is 4. The van der Waals surface area contributed by atoms with Crippen LogP contribution in [0.5, 0.6) is 0 Å². The first kappa shape index (κ1) is 24.7. The number of rotatable bonds is 4. The Morgan fingerprint density at radius 2 is 1.76 bits per heavy atom. The van der Waals surface area contributed by atoms with Gasteiger partial charge in [0.1, 0.15) is 5.57 Å². The van der Waals surface area contributed by atoms with E-state index >= 15 is 0 Å². The van der Waals surface area contributed by atoms with Gasteiger partial charge in [-0.15, -0.1) is 0 Å². The van der Waals surface area contributed by atoms with Gasteiger partial charge in [0.25, 0.3) is 11.8 Å². The van der Waals surface area contributed by atoms with Crippen LogP contribution in [0.3, 0.4) is 0 Å². The number of fused-ring (bicyclic) bond motifs is 4. The summed E-state index contributed by atoms with van der Waals surface area (Å²) < 4.78 is 0. The molecular formula is C26H29N5O6. The van der Waals surface area contributed by atoms with E-state index in [0.29, 0.717) is 30.5 Å². The third-order valence-electron chi connectivity index (χ3n) is 7.88. The standard InChI is InChI=1S/C26H29N5O6/c1-4-5-10-31-21(33)17(20(32)27-24(31)36)13-15-8-9-18-16(12-15)14-26(19-7-6-11-30(18)19)22(34)28(2)25(37)29(3)23(26)35/h8-9,12-13,19H,4-7,10-11,14H2,1-3H3,(H,27,32,36)/b17-13+/t19-/m1/s1. The highest BCUT2D eigenvalue weighted by molar-refractivity contribution is 6.31. The van der Waals surface area contributed by atoms with Crippen molar-refractivity contribution >= 4 is 47.5 Å². The number of nitrogens with one attached hydrogen (secondary N) is 1. The molecule has 8 amide bonds. The number of nitrogens with zero attached hydrogens (tertiary/aromatic N) is 4. The number of amides is 8. The zero-order valence-corrected chi connectivity index (χ0v) is 21.1. The average molecular weight is 508 g/mol. The molecule has 11 nitrogen and oxygen atoms in total. The lowest BCUT2D eigenvalue weighted by molar-refractivity contribution is -0.159. The first-order valence-electron chi connectivity index (χ1n) is 12.5. The number of carbonyl (C=O) groups excluding carboxylic acids is 6. The number of benzene rings is 1. The molecule has 1 aromatic carbocycles. The summed E-state index contributed by atoms with van der Waals surface area (Å²) in [7, 11) is 2.79. The van der Waals surface area contributed by atoms with Gasteiger partial charge in [0.15, 0.2) is 5.41 Å². The Morgan fingerprint density at radius 1 is 1.05 bits per heavy atom. The Hall–Kier alpha value is -4.02. The van der Waals surface area contributed by atoms with Crippen molar-refractivity contribution in [3.63, 3.8) is 0 Å². The van der Waals surface area contributed by atoms with Gasteiger partial charge in [0.2, 0.25) is 11.8 Å².